The maximum Gasteiger partial charge on any atom is 0.167 e. The molecule has 0 bridgehead atoms. The van der Waals surface area contributed by atoms with E-state index in [1.165, 1.54) is 12.7 Å². The Balaban J connectivity index is 1.78. The van der Waals surface area contributed by atoms with Gasteiger partial charge in [-0.1, -0.05) is 0 Å². The summed E-state index contributed by atoms with van der Waals surface area (Å²) in [6, 6.07) is 0.134. The highest BCUT2D eigenvalue weighted by Crippen LogP contribution is 2.33. The van der Waals surface area contributed by atoms with Gasteiger partial charge in [-0.25, -0.2) is 15.0 Å². The Morgan fingerprint density at radius 1 is 1.29 bits per heavy atom. The van der Waals surface area contributed by atoms with Crippen molar-refractivity contribution in [2.75, 3.05) is 12.3 Å². The molecule has 1 aliphatic heterocycles. The Kier molecular flexibility index (Phi) is 4.92. The Hall–Kier alpha value is -1.85. The van der Waals surface area contributed by atoms with Gasteiger partial charge in [0.1, 0.15) is 24.1 Å². The molecule has 2 aromatic heterocycles. The average Bonchev–Trinajstić information content (AvgIpc) is 3.10. The molecule has 1 unspecified atom stereocenters. The van der Waals surface area contributed by atoms with Crippen molar-refractivity contribution in [3.05, 3.63) is 12.7 Å². The molecule has 1 fully saturated rings. The van der Waals surface area contributed by atoms with Gasteiger partial charge >= 0.3 is 0 Å². The van der Waals surface area contributed by atoms with Gasteiger partial charge < -0.3 is 32.2 Å². The molecular formula is C14H25N7O3+2. The van der Waals surface area contributed by atoms with Gasteiger partial charge in [0.25, 0.3) is 0 Å². The fourth-order valence-electron chi connectivity index (χ4n) is 3.09. The molecule has 132 valence electrons. The van der Waals surface area contributed by atoms with E-state index in [0.717, 1.165) is 19.4 Å². The van der Waals surface area contributed by atoms with E-state index in [1.54, 1.807) is 4.57 Å². The van der Waals surface area contributed by atoms with Crippen LogP contribution in [0.25, 0.3) is 11.2 Å². The van der Waals surface area contributed by atoms with Gasteiger partial charge in [0, 0.05) is 19.3 Å². The monoisotopic (exact) mass is 339 g/mol. The number of imidazole rings is 1. The smallest absolute Gasteiger partial charge is 0.167 e. The standard InChI is InChI=1S/C14H23N7O3/c15-3-1-2-7(16)4-8-10(22)11(23)14(24-8)21-6-20-9-12(17)18-5-19-13(9)21/h5-8,10-11,14,22-23H,1-4,15-16H2,(H2,17,18,19)/p+2/t7?,8-,10-,11-,14-/m1/s1. The molecule has 0 amide bonds. The van der Waals surface area contributed by atoms with Gasteiger partial charge in [0.15, 0.2) is 17.7 Å². The fourth-order valence-corrected chi connectivity index (χ4v) is 3.09. The second-order valence-corrected chi connectivity index (χ2v) is 6.23. The summed E-state index contributed by atoms with van der Waals surface area (Å²) in [5.74, 6) is 0.259. The number of fused-ring (bicyclic) bond motifs is 1. The third-order valence-corrected chi connectivity index (χ3v) is 4.43. The third-order valence-electron chi connectivity index (χ3n) is 4.43. The summed E-state index contributed by atoms with van der Waals surface area (Å²) < 4.78 is 7.47. The molecule has 0 spiro atoms. The van der Waals surface area contributed by atoms with E-state index in [9.17, 15) is 10.2 Å². The van der Waals surface area contributed by atoms with Crippen LogP contribution >= 0.6 is 0 Å². The van der Waals surface area contributed by atoms with E-state index in [-0.39, 0.29) is 11.9 Å². The minimum atomic E-state index is -1.08. The zero-order valence-electron chi connectivity index (χ0n) is 13.5. The zero-order valence-corrected chi connectivity index (χ0v) is 13.5. The van der Waals surface area contributed by atoms with Crippen LogP contribution < -0.4 is 17.2 Å². The van der Waals surface area contributed by atoms with E-state index in [0.29, 0.717) is 17.6 Å². The number of quaternary nitrogens is 2. The summed E-state index contributed by atoms with van der Waals surface area (Å²) in [7, 11) is 0. The Labute approximate surface area is 138 Å². The highest BCUT2D eigenvalue weighted by molar-refractivity contribution is 5.81. The number of nitrogens with zero attached hydrogens (tertiary/aromatic N) is 4. The molecule has 0 radical (unpaired) electrons. The summed E-state index contributed by atoms with van der Waals surface area (Å²) in [6.07, 6.45) is 1.94. The highest BCUT2D eigenvalue weighted by Gasteiger charge is 2.45. The van der Waals surface area contributed by atoms with Crippen molar-refractivity contribution >= 4 is 17.0 Å². The zero-order chi connectivity index (χ0) is 17.3. The molecule has 24 heavy (non-hydrogen) atoms. The number of ether oxygens (including phenoxy) is 1. The molecule has 3 heterocycles. The molecular weight excluding hydrogens is 314 g/mol. The van der Waals surface area contributed by atoms with Gasteiger partial charge in [0.05, 0.1) is 25.0 Å². The van der Waals surface area contributed by atoms with Crippen molar-refractivity contribution in [3.63, 3.8) is 0 Å². The SMILES string of the molecule is Nc1ncnc2c1ncn2[C@@H]1O[C@H](CC([NH3+])CCC[NH3+])[C@@H](O)[C@H]1O. The maximum absolute atomic E-state index is 10.4. The van der Waals surface area contributed by atoms with Gasteiger partial charge in [-0.15, -0.1) is 0 Å². The lowest BCUT2D eigenvalue weighted by molar-refractivity contribution is -0.430. The van der Waals surface area contributed by atoms with Crippen molar-refractivity contribution in [2.45, 2.75) is 49.8 Å². The first-order valence-corrected chi connectivity index (χ1v) is 8.09. The molecule has 0 aromatic carbocycles. The second kappa shape index (κ2) is 6.95. The highest BCUT2D eigenvalue weighted by atomic mass is 16.6. The van der Waals surface area contributed by atoms with Crippen molar-refractivity contribution < 1.29 is 26.4 Å². The van der Waals surface area contributed by atoms with Crippen LogP contribution in [-0.2, 0) is 4.74 Å². The summed E-state index contributed by atoms with van der Waals surface area (Å²) in [5, 5.41) is 20.7. The van der Waals surface area contributed by atoms with Crippen LogP contribution in [-0.4, -0.2) is 60.6 Å². The average molecular weight is 339 g/mol. The quantitative estimate of drug-likeness (QED) is 0.374. The number of aromatic nitrogens is 4. The Bertz CT molecular complexity index is 694. The topological polar surface area (TPSA) is 175 Å². The van der Waals surface area contributed by atoms with Crippen LogP contribution in [0.15, 0.2) is 12.7 Å². The van der Waals surface area contributed by atoms with Crippen molar-refractivity contribution in [2.24, 2.45) is 0 Å². The Morgan fingerprint density at radius 3 is 2.83 bits per heavy atom. The Morgan fingerprint density at radius 2 is 2.08 bits per heavy atom. The van der Waals surface area contributed by atoms with Gasteiger partial charge in [-0.2, -0.15) is 0 Å². The summed E-state index contributed by atoms with van der Waals surface area (Å²) in [4.78, 5) is 12.2. The van der Waals surface area contributed by atoms with Crippen molar-refractivity contribution in [1.29, 1.82) is 0 Å². The van der Waals surface area contributed by atoms with Crippen molar-refractivity contribution in [3.8, 4) is 0 Å². The summed E-state index contributed by atoms with van der Waals surface area (Å²) in [5.41, 5.74) is 14.6. The lowest BCUT2D eigenvalue weighted by atomic mass is 10.0. The molecule has 10 nitrogen and oxygen atoms in total. The summed E-state index contributed by atoms with van der Waals surface area (Å²) >= 11 is 0. The number of anilines is 1. The normalized spacial score (nSPS) is 28.5. The molecule has 5 atom stereocenters. The number of rotatable bonds is 6. The number of hydrogen-bond acceptors (Lipinski definition) is 7. The van der Waals surface area contributed by atoms with Crippen LogP contribution in [0.2, 0.25) is 0 Å². The van der Waals surface area contributed by atoms with E-state index in [4.69, 9.17) is 10.5 Å². The van der Waals surface area contributed by atoms with E-state index in [2.05, 4.69) is 26.4 Å². The van der Waals surface area contributed by atoms with Gasteiger partial charge in [-0.3, -0.25) is 4.57 Å². The molecule has 3 rings (SSSR count). The van der Waals surface area contributed by atoms with E-state index >= 15 is 0 Å². The van der Waals surface area contributed by atoms with Gasteiger partial charge in [-0.05, 0) is 0 Å². The molecule has 0 aliphatic carbocycles. The first-order chi connectivity index (χ1) is 11.5. The first kappa shape index (κ1) is 17.0. The van der Waals surface area contributed by atoms with Gasteiger partial charge in [0.2, 0.25) is 0 Å². The minimum absolute atomic E-state index is 0.134. The molecule has 10 N–H and O–H groups in total. The second-order valence-electron chi connectivity index (χ2n) is 6.23. The van der Waals surface area contributed by atoms with Crippen molar-refractivity contribution in [1.82, 2.24) is 19.5 Å². The largest absolute Gasteiger partial charge is 0.388 e. The van der Waals surface area contributed by atoms with Crippen LogP contribution in [0.3, 0.4) is 0 Å². The van der Waals surface area contributed by atoms with E-state index in [1.807, 2.05) is 0 Å². The molecule has 2 aromatic rings. The lowest BCUT2D eigenvalue weighted by Gasteiger charge is -2.17. The first-order valence-electron chi connectivity index (χ1n) is 8.09. The predicted molar refractivity (Wildman–Crippen MR) is 83.9 cm³/mol. The van der Waals surface area contributed by atoms with E-state index < -0.39 is 24.5 Å². The minimum Gasteiger partial charge on any atom is -0.388 e. The number of nitrogens with two attached hydrogens (primary N) is 1. The number of aliphatic hydroxyl groups is 2. The maximum atomic E-state index is 10.4. The van der Waals surface area contributed by atoms with Crippen LogP contribution in [0.4, 0.5) is 5.82 Å². The van der Waals surface area contributed by atoms with Crippen LogP contribution in [0.1, 0.15) is 25.5 Å². The third kappa shape index (κ3) is 3.06. The lowest BCUT2D eigenvalue weighted by Crippen LogP contribution is -2.63. The fraction of sp³-hybridized carbons (Fsp3) is 0.643. The van der Waals surface area contributed by atoms with Crippen LogP contribution in [0.5, 0.6) is 0 Å². The molecule has 10 heteroatoms. The number of aliphatic hydroxyl groups excluding tert-OH is 2. The number of nitrogen functional groups attached to an aromatic ring is 1. The molecule has 0 saturated carbocycles. The molecule has 1 saturated heterocycles. The van der Waals surface area contributed by atoms with Crippen LogP contribution in [0, 0.1) is 0 Å². The number of hydrogen-bond donors (Lipinski definition) is 5. The molecule has 1 aliphatic rings. The predicted octanol–water partition coefficient (Wildman–Crippen LogP) is -2.95. The summed E-state index contributed by atoms with van der Waals surface area (Å²) in [6.45, 7) is 0.855.